The molecule has 0 fully saturated rings. The third-order valence-electron chi connectivity index (χ3n) is 3.98. The van der Waals surface area contributed by atoms with Crippen molar-refractivity contribution in [3.63, 3.8) is 0 Å². The van der Waals surface area contributed by atoms with Gasteiger partial charge in [0.15, 0.2) is 0 Å². The second kappa shape index (κ2) is 8.86. The first-order chi connectivity index (χ1) is 13.2. The molecule has 0 spiro atoms. The summed E-state index contributed by atoms with van der Waals surface area (Å²) in [5.41, 5.74) is 3.92. The number of carbonyl (C=O) groups is 1. The highest BCUT2D eigenvalue weighted by molar-refractivity contribution is 5.95. The molecule has 3 N–H and O–H groups in total. The first-order valence-electron chi connectivity index (χ1n) is 8.67. The minimum absolute atomic E-state index is 0.0472. The van der Waals surface area contributed by atoms with E-state index in [1.807, 2.05) is 31.2 Å². The maximum Gasteiger partial charge on any atom is 0.251 e. The maximum atomic E-state index is 12.2. The molecule has 1 aromatic carbocycles. The molecule has 7 nitrogen and oxygen atoms in total. The van der Waals surface area contributed by atoms with Gasteiger partial charge in [0.2, 0.25) is 5.95 Å². The van der Waals surface area contributed by atoms with Crippen molar-refractivity contribution in [3.8, 4) is 11.3 Å². The van der Waals surface area contributed by atoms with E-state index < -0.39 is 0 Å². The summed E-state index contributed by atoms with van der Waals surface area (Å²) >= 11 is 0. The zero-order valence-electron chi connectivity index (χ0n) is 15.0. The molecule has 0 saturated heterocycles. The van der Waals surface area contributed by atoms with E-state index in [2.05, 4.69) is 25.6 Å². The van der Waals surface area contributed by atoms with Gasteiger partial charge in [-0.3, -0.25) is 9.78 Å². The summed E-state index contributed by atoms with van der Waals surface area (Å²) < 4.78 is 0. The fourth-order valence-corrected chi connectivity index (χ4v) is 2.50. The first kappa shape index (κ1) is 18.5. The molecular formula is C20H21N5O2. The summed E-state index contributed by atoms with van der Waals surface area (Å²) in [6.07, 6.45) is 5.66. The molecule has 2 heterocycles. The molecule has 0 aliphatic carbocycles. The van der Waals surface area contributed by atoms with Gasteiger partial charge in [0.1, 0.15) is 0 Å². The van der Waals surface area contributed by atoms with Gasteiger partial charge in [-0.2, -0.15) is 0 Å². The summed E-state index contributed by atoms with van der Waals surface area (Å²) in [6.45, 7) is 2.43. The molecule has 0 bridgehead atoms. The Morgan fingerprint density at radius 2 is 2.07 bits per heavy atom. The van der Waals surface area contributed by atoms with E-state index in [1.54, 1.807) is 30.7 Å². The molecule has 0 saturated carbocycles. The second-order valence-corrected chi connectivity index (χ2v) is 5.99. The van der Waals surface area contributed by atoms with Gasteiger partial charge in [0.25, 0.3) is 5.91 Å². The topological polar surface area (TPSA) is 100 Å². The van der Waals surface area contributed by atoms with Crippen LogP contribution in [0.4, 0.5) is 11.6 Å². The number of nitrogens with one attached hydrogen (secondary N) is 2. The van der Waals surface area contributed by atoms with Crippen molar-refractivity contribution in [2.45, 2.75) is 13.3 Å². The van der Waals surface area contributed by atoms with E-state index in [1.165, 1.54) is 0 Å². The molecule has 3 aromatic rings. The van der Waals surface area contributed by atoms with Crippen LogP contribution in [0.5, 0.6) is 0 Å². The molecule has 0 unspecified atom stereocenters. The monoisotopic (exact) mass is 363 g/mol. The Morgan fingerprint density at radius 1 is 1.19 bits per heavy atom. The van der Waals surface area contributed by atoms with Gasteiger partial charge < -0.3 is 15.7 Å². The molecule has 1 amide bonds. The number of aliphatic hydroxyl groups excluding tert-OH is 1. The Kier molecular flexibility index (Phi) is 6.06. The third kappa shape index (κ3) is 4.86. The van der Waals surface area contributed by atoms with Crippen molar-refractivity contribution < 1.29 is 9.90 Å². The number of amides is 1. The van der Waals surface area contributed by atoms with E-state index in [0.717, 1.165) is 22.5 Å². The van der Waals surface area contributed by atoms with Crippen LogP contribution < -0.4 is 10.6 Å². The number of anilines is 2. The van der Waals surface area contributed by atoms with E-state index in [9.17, 15) is 4.79 Å². The van der Waals surface area contributed by atoms with Gasteiger partial charge in [-0.1, -0.05) is 6.07 Å². The first-order valence-corrected chi connectivity index (χ1v) is 8.67. The van der Waals surface area contributed by atoms with Crippen LogP contribution in [0, 0.1) is 6.92 Å². The van der Waals surface area contributed by atoms with Crippen molar-refractivity contribution in [3.05, 3.63) is 66.1 Å². The van der Waals surface area contributed by atoms with E-state index in [0.29, 0.717) is 24.5 Å². The zero-order chi connectivity index (χ0) is 19.1. The van der Waals surface area contributed by atoms with Crippen molar-refractivity contribution in [2.75, 3.05) is 18.5 Å². The molecule has 7 heteroatoms. The number of hydrogen-bond donors (Lipinski definition) is 3. The predicted molar refractivity (Wildman–Crippen MR) is 104 cm³/mol. The van der Waals surface area contributed by atoms with E-state index in [-0.39, 0.29) is 12.5 Å². The van der Waals surface area contributed by atoms with Crippen LogP contribution in [0.25, 0.3) is 11.3 Å². The van der Waals surface area contributed by atoms with Gasteiger partial charge >= 0.3 is 0 Å². The van der Waals surface area contributed by atoms with Crippen LogP contribution in [0.2, 0.25) is 0 Å². The quantitative estimate of drug-likeness (QED) is 0.558. The van der Waals surface area contributed by atoms with Crippen molar-refractivity contribution in [1.82, 2.24) is 20.3 Å². The largest absolute Gasteiger partial charge is 0.396 e. The van der Waals surface area contributed by atoms with Crippen molar-refractivity contribution in [2.24, 2.45) is 0 Å². The van der Waals surface area contributed by atoms with Gasteiger partial charge in [-0.05, 0) is 49.2 Å². The smallest absolute Gasteiger partial charge is 0.251 e. The highest BCUT2D eigenvalue weighted by atomic mass is 16.3. The molecule has 3 rings (SSSR count). The number of nitrogens with zero attached hydrogens (tertiary/aromatic N) is 3. The molecule has 0 atom stereocenters. The lowest BCUT2D eigenvalue weighted by Gasteiger charge is -2.11. The van der Waals surface area contributed by atoms with E-state index in [4.69, 9.17) is 5.11 Å². The normalized spacial score (nSPS) is 10.4. The number of hydrogen-bond acceptors (Lipinski definition) is 6. The molecule has 0 aliphatic heterocycles. The fraction of sp³-hybridized carbons (Fsp3) is 0.200. The number of pyridine rings is 1. The number of carbonyl (C=O) groups excluding carboxylic acids is 1. The van der Waals surface area contributed by atoms with Crippen molar-refractivity contribution >= 4 is 17.5 Å². The van der Waals surface area contributed by atoms with Crippen LogP contribution >= 0.6 is 0 Å². The molecule has 0 radical (unpaired) electrons. The Hall–Kier alpha value is -3.32. The number of rotatable bonds is 7. The Labute approximate surface area is 157 Å². The standard InChI is InChI=1S/C20H21N5O2/c1-14-5-6-15(19(27)22-9-3-11-26)12-18(14)25-20-23-10-7-17(24-20)16-4-2-8-21-13-16/h2,4-8,10,12-13,26H,3,9,11H2,1H3,(H,22,27)(H,23,24,25). The highest BCUT2D eigenvalue weighted by Gasteiger charge is 2.09. The highest BCUT2D eigenvalue weighted by Crippen LogP contribution is 2.22. The zero-order valence-corrected chi connectivity index (χ0v) is 15.0. The van der Waals surface area contributed by atoms with Crippen LogP contribution in [0.15, 0.2) is 55.0 Å². The van der Waals surface area contributed by atoms with Gasteiger partial charge in [-0.25, -0.2) is 9.97 Å². The molecule has 138 valence electrons. The summed E-state index contributed by atoms with van der Waals surface area (Å²) in [6, 6.07) is 11.0. The van der Waals surface area contributed by atoms with Crippen molar-refractivity contribution in [1.29, 1.82) is 0 Å². The lowest BCUT2D eigenvalue weighted by Crippen LogP contribution is -2.25. The second-order valence-electron chi connectivity index (χ2n) is 5.99. The average Bonchev–Trinajstić information content (AvgIpc) is 2.70. The molecule has 2 aromatic heterocycles. The minimum atomic E-state index is -0.184. The van der Waals surface area contributed by atoms with Crippen LogP contribution in [-0.2, 0) is 0 Å². The maximum absolute atomic E-state index is 12.2. The summed E-state index contributed by atoms with van der Waals surface area (Å²) in [7, 11) is 0. The average molecular weight is 363 g/mol. The third-order valence-corrected chi connectivity index (χ3v) is 3.98. The summed E-state index contributed by atoms with van der Waals surface area (Å²) in [5, 5.41) is 14.8. The molecular weight excluding hydrogens is 342 g/mol. The predicted octanol–water partition coefficient (Wildman–Crippen LogP) is 2.70. The minimum Gasteiger partial charge on any atom is -0.396 e. The van der Waals surface area contributed by atoms with Crippen LogP contribution in [0.1, 0.15) is 22.3 Å². The Morgan fingerprint density at radius 3 is 2.85 bits per heavy atom. The number of aliphatic hydroxyl groups is 1. The number of aromatic nitrogens is 3. The number of benzene rings is 1. The van der Waals surface area contributed by atoms with Gasteiger partial charge in [0, 0.05) is 48.6 Å². The lowest BCUT2D eigenvalue weighted by atomic mass is 10.1. The lowest BCUT2D eigenvalue weighted by molar-refractivity contribution is 0.0951. The van der Waals surface area contributed by atoms with Gasteiger partial charge in [-0.15, -0.1) is 0 Å². The van der Waals surface area contributed by atoms with E-state index >= 15 is 0 Å². The van der Waals surface area contributed by atoms with Gasteiger partial charge in [0.05, 0.1) is 5.69 Å². The van der Waals surface area contributed by atoms with Crippen LogP contribution in [-0.4, -0.2) is 39.1 Å². The SMILES string of the molecule is Cc1ccc(C(=O)NCCCO)cc1Nc1nccc(-c2cccnc2)n1. The fourth-order valence-electron chi connectivity index (χ4n) is 2.50. The Balaban J connectivity index is 1.79. The summed E-state index contributed by atoms with van der Waals surface area (Å²) in [4.78, 5) is 25.1. The van der Waals surface area contributed by atoms with Crippen LogP contribution in [0.3, 0.4) is 0 Å². The summed E-state index contributed by atoms with van der Waals surface area (Å²) in [5.74, 6) is 0.258. The molecule has 27 heavy (non-hydrogen) atoms. The Bertz CT molecular complexity index is 915. The number of aryl methyl sites for hydroxylation is 1. The molecule has 0 aliphatic rings.